The summed E-state index contributed by atoms with van der Waals surface area (Å²) in [5.41, 5.74) is 10.9. The van der Waals surface area contributed by atoms with Crippen LogP contribution in [0.25, 0.3) is 0 Å². The molecule has 7 heteroatoms. The van der Waals surface area contributed by atoms with Crippen molar-refractivity contribution in [1.82, 2.24) is 4.72 Å². The number of benzene rings is 3. The quantitative estimate of drug-likeness (QED) is 0.209. The molecular formula is C32H46N4O2S. The van der Waals surface area contributed by atoms with Crippen molar-refractivity contribution >= 4 is 21.4 Å². The lowest BCUT2D eigenvalue weighted by molar-refractivity contribution is 0.504. The maximum absolute atomic E-state index is 13.4. The number of nitrogens with zero attached hydrogens (tertiary/aromatic N) is 2. The second kappa shape index (κ2) is 15.1. The van der Waals surface area contributed by atoms with Crippen LogP contribution >= 0.6 is 0 Å². The largest absolute Gasteiger partial charge is 0.372 e. The number of nitrogens with one attached hydrogen (secondary N) is 1. The lowest BCUT2D eigenvalue weighted by Gasteiger charge is -2.28. The van der Waals surface area contributed by atoms with Crippen molar-refractivity contribution in [3.8, 4) is 0 Å². The number of sulfonamides is 1. The van der Waals surface area contributed by atoms with E-state index in [-0.39, 0.29) is 4.90 Å². The number of nitrogens with two attached hydrogens (primary N) is 1. The summed E-state index contributed by atoms with van der Waals surface area (Å²) >= 11 is 0. The third-order valence-corrected chi connectivity index (χ3v) is 8.39. The van der Waals surface area contributed by atoms with Crippen molar-refractivity contribution < 1.29 is 8.42 Å². The first kappa shape index (κ1) is 30.7. The standard InChI is InChI=1S/C32H46N4O2S/c1-5-22-35(23-6-2)28-18-14-26(15-19-28)31(33)32(34-39(37,38)30-12-10-9-11-13-30)27-16-20-29(21-17-27)36(24-7-3)25-8-4/h9-21,31-32,34H,5-8,22-25,33H2,1-4H3/t31-,32-/m0/s1. The maximum atomic E-state index is 13.4. The number of hydrogen-bond donors (Lipinski definition) is 2. The van der Waals surface area contributed by atoms with E-state index in [1.807, 2.05) is 24.3 Å². The zero-order valence-electron chi connectivity index (χ0n) is 24.0. The van der Waals surface area contributed by atoms with Crippen LogP contribution in [0, 0.1) is 0 Å². The first-order valence-corrected chi connectivity index (χ1v) is 15.9. The predicted molar refractivity (Wildman–Crippen MR) is 165 cm³/mol. The Hall–Kier alpha value is -2.87. The molecule has 0 bridgehead atoms. The molecule has 212 valence electrons. The Morgan fingerprint density at radius 1 is 0.641 bits per heavy atom. The first-order chi connectivity index (χ1) is 18.8. The molecule has 3 aromatic rings. The van der Waals surface area contributed by atoms with Crippen LogP contribution in [0.2, 0.25) is 0 Å². The molecule has 0 aliphatic heterocycles. The molecule has 2 atom stereocenters. The Kier molecular flexibility index (Phi) is 11.8. The molecule has 0 heterocycles. The van der Waals surface area contributed by atoms with E-state index in [2.05, 4.69) is 66.5 Å². The Balaban J connectivity index is 1.95. The summed E-state index contributed by atoms with van der Waals surface area (Å²) in [5, 5.41) is 0. The Morgan fingerprint density at radius 2 is 1.05 bits per heavy atom. The fourth-order valence-corrected chi connectivity index (χ4v) is 6.26. The van der Waals surface area contributed by atoms with E-state index in [4.69, 9.17) is 5.73 Å². The van der Waals surface area contributed by atoms with Crippen LogP contribution in [0.5, 0.6) is 0 Å². The monoisotopic (exact) mass is 550 g/mol. The fourth-order valence-electron chi connectivity index (χ4n) is 5.00. The summed E-state index contributed by atoms with van der Waals surface area (Å²) in [5.74, 6) is 0. The van der Waals surface area contributed by atoms with Gasteiger partial charge in [0.2, 0.25) is 10.0 Å². The van der Waals surface area contributed by atoms with Gasteiger partial charge < -0.3 is 15.5 Å². The lowest BCUT2D eigenvalue weighted by atomic mass is 9.94. The molecule has 0 amide bonds. The average Bonchev–Trinajstić information content (AvgIpc) is 2.96. The molecule has 0 saturated heterocycles. The van der Waals surface area contributed by atoms with E-state index in [0.717, 1.165) is 74.4 Å². The number of anilines is 2. The summed E-state index contributed by atoms with van der Waals surface area (Å²) in [7, 11) is -3.79. The number of hydrogen-bond acceptors (Lipinski definition) is 5. The van der Waals surface area contributed by atoms with Gasteiger partial charge in [-0.05, 0) is 73.2 Å². The van der Waals surface area contributed by atoms with Gasteiger partial charge >= 0.3 is 0 Å². The lowest BCUT2D eigenvalue weighted by Crippen LogP contribution is -2.36. The smallest absolute Gasteiger partial charge is 0.241 e. The molecule has 3 rings (SSSR count). The van der Waals surface area contributed by atoms with Crippen LogP contribution in [0.15, 0.2) is 83.8 Å². The van der Waals surface area contributed by atoms with Gasteiger partial charge in [0, 0.05) is 37.6 Å². The molecule has 0 radical (unpaired) electrons. The minimum Gasteiger partial charge on any atom is -0.372 e. The molecule has 0 aromatic heterocycles. The van der Waals surface area contributed by atoms with E-state index in [1.54, 1.807) is 30.3 Å². The SMILES string of the molecule is CCCN(CCC)c1ccc([C@H](N)[C@@H](NS(=O)(=O)c2ccccc2)c2ccc(N(CCC)CCC)cc2)cc1. The highest BCUT2D eigenvalue weighted by Gasteiger charge is 2.28. The Bertz CT molecular complexity index is 1200. The molecular weight excluding hydrogens is 504 g/mol. The van der Waals surface area contributed by atoms with Gasteiger partial charge in [0.05, 0.1) is 17.0 Å². The average molecular weight is 551 g/mol. The second-order valence-electron chi connectivity index (χ2n) is 10.1. The van der Waals surface area contributed by atoms with Crippen LogP contribution in [-0.2, 0) is 10.0 Å². The van der Waals surface area contributed by atoms with Gasteiger partial charge in [0.15, 0.2) is 0 Å². The molecule has 0 saturated carbocycles. The summed E-state index contributed by atoms with van der Waals surface area (Å²) in [6.07, 6.45) is 4.29. The Morgan fingerprint density at radius 3 is 1.46 bits per heavy atom. The Labute approximate surface area is 236 Å². The molecule has 39 heavy (non-hydrogen) atoms. The van der Waals surface area contributed by atoms with Gasteiger partial charge in [-0.2, -0.15) is 0 Å². The topological polar surface area (TPSA) is 78.7 Å². The molecule has 0 aliphatic rings. The minimum absolute atomic E-state index is 0.223. The summed E-state index contributed by atoms with van der Waals surface area (Å²) < 4.78 is 29.7. The summed E-state index contributed by atoms with van der Waals surface area (Å²) in [6.45, 7) is 12.7. The van der Waals surface area contributed by atoms with Gasteiger partial charge in [0.25, 0.3) is 0 Å². The van der Waals surface area contributed by atoms with Crippen molar-refractivity contribution in [2.24, 2.45) is 5.73 Å². The molecule has 0 spiro atoms. The highest BCUT2D eigenvalue weighted by Crippen LogP contribution is 2.31. The molecule has 0 aliphatic carbocycles. The molecule has 3 aromatic carbocycles. The fraction of sp³-hybridized carbons (Fsp3) is 0.438. The molecule has 3 N–H and O–H groups in total. The van der Waals surface area contributed by atoms with E-state index in [1.165, 1.54) is 0 Å². The maximum Gasteiger partial charge on any atom is 0.241 e. The van der Waals surface area contributed by atoms with Crippen molar-refractivity contribution in [2.75, 3.05) is 36.0 Å². The minimum atomic E-state index is -3.79. The third kappa shape index (κ3) is 8.31. The molecule has 6 nitrogen and oxygen atoms in total. The summed E-state index contributed by atoms with van der Waals surface area (Å²) in [4.78, 5) is 4.97. The van der Waals surface area contributed by atoms with Crippen molar-refractivity contribution in [3.63, 3.8) is 0 Å². The predicted octanol–water partition coefficient (Wildman–Crippen LogP) is 6.66. The normalized spacial score (nSPS) is 13.2. The van der Waals surface area contributed by atoms with Gasteiger partial charge in [0.1, 0.15) is 0 Å². The molecule has 0 fully saturated rings. The van der Waals surface area contributed by atoms with Crippen molar-refractivity contribution in [3.05, 3.63) is 90.0 Å². The zero-order valence-corrected chi connectivity index (χ0v) is 24.8. The van der Waals surface area contributed by atoms with Crippen LogP contribution < -0.4 is 20.3 Å². The first-order valence-electron chi connectivity index (χ1n) is 14.4. The highest BCUT2D eigenvalue weighted by atomic mass is 32.2. The summed E-state index contributed by atoms with van der Waals surface area (Å²) in [6, 6.07) is 23.7. The molecule has 0 unspecified atom stereocenters. The van der Waals surface area contributed by atoms with Crippen LogP contribution in [0.1, 0.15) is 76.6 Å². The third-order valence-electron chi connectivity index (χ3n) is 6.93. The van der Waals surface area contributed by atoms with E-state index >= 15 is 0 Å². The van der Waals surface area contributed by atoms with Gasteiger partial charge in [-0.1, -0.05) is 70.2 Å². The highest BCUT2D eigenvalue weighted by molar-refractivity contribution is 7.89. The van der Waals surface area contributed by atoms with E-state index < -0.39 is 22.1 Å². The van der Waals surface area contributed by atoms with Gasteiger partial charge in [-0.3, -0.25) is 0 Å². The van der Waals surface area contributed by atoms with Gasteiger partial charge in [-0.25, -0.2) is 13.1 Å². The van der Waals surface area contributed by atoms with Crippen LogP contribution in [0.3, 0.4) is 0 Å². The van der Waals surface area contributed by atoms with Gasteiger partial charge in [-0.15, -0.1) is 0 Å². The van der Waals surface area contributed by atoms with Crippen LogP contribution in [0.4, 0.5) is 11.4 Å². The van der Waals surface area contributed by atoms with E-state index in [0.29, 0.717) is 0 Å². The zero-order chi connectivity index (χ0) is 28.3. The van der Waals surface area contributed by atoms with Crippen molar-refractivity contribution in [1.29, 1.82) is 0 Å². The second-order valence-corrected chi connectivity index (χ2v) is 11.8. The number of rotatable bonds is 16. The van der Waals surface area contributed by atoms with Crippen LogP contribution in [-0.4, -0.2) is 34.6 Å². The van der Waals surface area contributed by atoms with Crippen molar-refractivity contribution in [2.45, 2.75) is 70.4 Å². The van der Waals surface area contributed by atoms with E-state index in [9.17, 15) is 8.42 Å².